The van der Waals surface area contributed by atoms with Gasteiger partial charge in [0.2, 0.25) is 0 Å². The Hall–Kier alpha value is -3.38. The Morgan fingerprint density at radius 3 is 1.94 bits per heavy atom. The van der Waals surface area contributed by atoms with E-state index >= 15 is 0 Å². The van der Waals surface area contributed by atoms with Crippen molar-refractivity contribution < 1.29 is 19.0 Å². The molecule has 1 saturated heterocycles. The van der Waals surface area contributed by atoms with Gasteiger partial charge >= 0.3 is 0 Å². The highest BCUT2D eigenvalue weighted by atomic mass is 35.5. The van der Waals surface area contributed by atoms with Crippen LogP contribution in [0.2, 0.25) is 5.02 Å². The second-order valence-corrected chi connectivity index (χ2v) is 7.97. The number of anilines is 2. The Morgan fingerprint density at radius 1 is 0.818 bits per heavy atom. The van der Waals surface area contributed by atoms with Crippen molar-refractivity contribution in [1.29, 1.82) is 0 Å². The van der Waals surface area contributed by atoms with Crippen molar-refractivity contribution in [2.24, 2.45) is 0 Å². The maximum Gasteiger partial charge on any atom is 0.270 e. The quantitative estimate of drug-likeness (QED) is 0.405. The molecule has 1 aliphatic rings. The van der Waals surface area contributed by atoms with E-state index in [2.05, 4.69) is 5.32 Å². The van der Waals surface area contributed by atoms with Crippen LogP contribution >= 0.6 is 11.6 Å². The Balaban J connectivity index is 1.50. The SMILES string of the molecule is CCOc1ccc(NC[C@H]2[C@H](Oc3ccc(Cl)cc3)C(=O)N2c2ccc(OCC)cc2)cc1. The van der Waals surface area contributed by atoms with Crippen LogP contribution in [-0.4, -0.2) is 37.8 Å². The molecule has 1 N–H and O–H groups in total. The monoisotopic (exact) mass is 466 g/mol. The van der Waals surface area contributed by atoms with Crippen LogP contribution in [0.1, 0.15) is 13.8 Å². The van der Waals surface area contributed by atoms with Crippen LogP contribution in [0.25, 0.3) is 0 Å². The zero-order valence-corrected chi connectivity index (χ0v) is 19.4. The fourth-order valence-corrected chi connectivity index (χ4v) is 3.88. The van der Waals surface area contributed by atoms with Gasteiger partial charge in [0.1, 0.15) is 23.3 Å². The Bertz CT molecular complexity index is 1060. The first-order valence-electron chi connectivity index (χ1n) is 11.0. The first-order valence-corrected chi connectivity index (χ1v) is 11.4. The van der Waals surface area contributed by atoms with Crippen LogP contribution in [0.3, 0.4) is 0 Å². The number of ether oxygens (including phenoxy) is 3. The molecule has 0 aliphatic carbocycles. The van der Waals surface area contributed by atoms with E-state index in [1.807, 2.05) is 62.4 Å². The summed E-state index contributed by atoms with van der Waals surface area (Å²) in [6.07, 6.45) is -0.604. The molecule has 3 aromatic rings. The number of nitrogens with zero attached hydrogens (tertiary/aromatic N) is 1. The fraction of sp³-hybridized carbons (Fsp3) is 0.269. The minimum Gasteiger partial charge on any atom is -0.494 e. The fourth-order valence-electron chi connectivity index (χ4n) is 3.75. The van der Waals surface area contributed by atoms with Crippen LogP contribution in [0, 0.1) is 0 Å². The topological polar surface area (TPSA) is 60.0 Å². The highest BCUT2D eigenvalue weighted by Gasteiger charge is 2.50. The zero-order chi connectivity index (χ0) is 23.2. The molecule has 3 aromatic carbocycles. The molecule has 0 spiro atoms. The molecule has 6 nitrogen and oxygen atoms in total. The molecule has 1 aliphatic heterocycles. The summed E-state index contributed by atoms with van der Waals surface area (Å²) < 4.78 is 17.1. The largest absolute Gasteiger partial charge is 0.494 e. The van der Waals surface area contributed by atoms with Crippen LogP contribution in [0.4, 0.5) is 11.4 Å². The number of rotatable bonds is 10. The maximum atomic E-state index is 13.1. The van der Waals surface area contributed by atoms with Crippen molar-refractivity contribution in [1.82, 2.24) is 0 Å². The van der Waals surface area contributed by atoms with Crippen molar-refractivity contribution >= 4 is 28.9 Å². The minimum absolute atomic E-state index is 0.0902. The van der Waals surface area contributed by atoms with Crippen LogP contribution in [0.15, 0.2) is 72.8 Å². The van der Waals surface area contributed by atoms with E-state index in [4.69, 9.17) is 25.8 Å². The molecule has 0 radical (unpaired) electrons. The minimum atomic E-state index is -0.604. The van der Waals surface area contributed by atoms with Gasteiger partial charge in [-0.25, -0.2) is 0 Å². The van der Waals surface area contributed by atoms with Gasteiger partial charge in [-0.2, -0.15) is 0 Å². The van der Waals surface area contributed by atoms with Crippen molar-refractivity contribution in [2.75, 3.05) is 30.0 Å². The molecule has 33 heavy (non-hydrogen) atoms. The number of halogens is 1. The number of β-lactam (4-membered cyclic amide) rings is 1. The predicted molar refractivity (Wildman–Crippen MR) is 131 cm³/mol. The van der Waals surface area contributed by atoms with E-state index in [9.17, 15) is 4.79 Å². The predicted octanol–water partition coefficient (Wildman–Crippen LogP) is 5.41. The number of hydrogen-bond donors (Lipinski definition) is 1. The summed E-state index contributed by atoms with van der Waals surface area (Å²) in [5.74, 6) is 2.11. The smallest absolute Gasteiger partial charge is 0.270 e. The highest BCUT2D eigenvalue weighted by Crippen LogP contribution is 2.33. The zero-order valence-electron chi connectivity index (χ0n) is 18.7. The maximum absolute atomic E-state index is 13.1. The van der Waals surface area contributed by atoms with Gasteiger partial charge in [0.15, 0.2) is 6.10 Å². The molecule has 1 fully saturated rings. The van der Waals surface area contributed by atoms with E-state index in [1.54, 1.807) is 29.2 Å². The third-order valence-electron chi connectivity index (χ3n) is 5.35. The summed E-state index contributed by atoms with van der Waals surface area (Å²) >= 11 is 5.98. The third kappa shape index (κ3) is 5.34. The van der Waals surface area contributed by atoms with Gasteiger partial charge in [-0.05, 0) is 86.6 Å². The average molecular weight is 467 g/mol. The van der Waals surface area contributed by atoms with Crippen molar-refractivity contribution in [3.63, 3.8) is 0 Å². The molecule has 0 aromatic heterocycles. The number of carbonyl (C=O) groups excluding carboxylic acids is 1. The van der Waals surface area contributed by atoms with Gasteiger partial charge in [0.05, 0.1) is 13.2 Å². The van der Waals surface area contributed by atoms with Gasteiger partial charge < -0.3 is 19.5 Å². The highest BCUT2D eigenvalue weighted by molar-refractivity contribution is 6.30. The molecular formula is C26H27ClN2O4. The summed E-state index contributed by atoms with van der Waals surface area (Å²) in [5.41, 5.74) is 1.74. The number of hydrogen-bond acceptors (Lipinski definition) is 5. The van der Waals surface area contributed by atoms with Gasteiger partial charge in [-0.15, -0.1) is 0 Å². The number of nitrogens with one attached hydrogen (secondary N) is 1. The molecule has 7 heteroatoms. The molecule has 172 valence electrons. The summed E-state index contributed by atoms with van der Waals surface area (Å²) in [5, 5.41) is 4.04. The lowest BCUT2D eigenvalue weighted by atomic mass is 9.96. The standard InChI is InChI=1S/C26H27ClN2O4/c1-3-31-21-13-7-19(8-14-21)28-17-24-25(33-23-11-5-18(27)6-12-23)26(30)29(24)20-9-15-22(16-10-20)32-4-2/h5-16,24-25,28H,3-4,17H2,1-2H3/t24-,25-/m0/s1. The first-order chi connectivity index (χ1) is 16.1. The molecule has 0 saturated carbocycles. The molecule has 1 amide bonds. The van der Waals surface area contributed by atoms with Crippen molar-refractivity contribution in [2.45, 2.75) is 26.0 Å². The third-order valence-corrected chi connectivity index (χ3v) is 5.60. The van der Waals surface area contributed by atoms with Crippen LogP contribution < -0.4 is 24.4 Å². The average Bonchev–Trinajstić information content (AvgIpc) is 2.83. The lowest BCUT2D eigenvalue weighted by Gasteiger charge is -2.46. The van der Waals surface area contributed by atoms with Crippen molar-refractivity contribution in [3.8, 4) is 17.2 Å². The molecule has 4 rings (SSSR count). The first kappa shape index (κ1) is 22.8. The van der Waals surface area contributed by atoms with Gasteiger partial charge in [-0.3, -0.25) is 9.69 Å². The second kappa shape index (κ2) is 10.5. The Kier molecular flexibility index (Phi) is 7.25. The Morgan fingerprint density at radius 2 is 1.36 bits per heavy atom. The lowest BCUT2D eigenvalue weighted by Crippen LogP contribution is -2.69. The summed E-state index contributed by atoms with van der Waals surface area (Å²) in [4.78, 5) is 14.8. The molecule has 0 unspecified atom stereocenters. The molecular weight excluding hydrogens is 440 g/mol. The molecule has 0 bridgehead atoms. The van der Waals surface area contributed by atoms with Gasteiger partial charge in [0, 0.05) is 22.9 Å². The van der Waals surface area contributed by atoms with E-state index < -0.39 is 6.10 Å². The van der Waals surface area contributed by atoms with E-state index in [0.717, 1.165) is 22.9 Å². The van der Waals surface area contributed by atoms with Gasteiger partial charge in [0.25, 0.3) is 5.91 Å². The number of benzene rings is 3. The van der Waals surface area contributed by atoms with E-state index in [0.29, 0.717) is 30.5 Å². The normalized spacial score (nSPS) is 17.3. The summed E-state index contributed by atoms with van der Waals surface area (Å²) in [6, 6.07) is 22.1. The second-order valence-electron chi connectivity index (χ2n) is 7.53. The van der Waals surface area contributed by atoms with Gasteiger partial charge in [-0.1, -0.05) is 11.6 Å². The Labute approximate surface area is 199 Å². The summed E-state index contributed by atoms with van der Waals surface area (Å²) in [7, 11) is 0. The van der Waals surface area contributed by atoms with E-state index in [-0.39, 0.29) is 11.9 Å². The number of carbonyl (C=O) groups is 1. The van der Waals surface area contributed by atoms with E-state index in [1.165, 1.54) is 0 Å². The molecule has 1 heterocycles. The molecule has 2 atom stereocenters. The van der Waals surface area contributed by atoms with Crippen LogP contribution in [0.5, 0.6) is 17.2 Å². The van der Waals surface area contributed by atoms with Crippen molar-refractivity contribution in [3.05, 3.63) is 77.8 Å². The lowest BCUT2D eigenvalue weighted by molar-refractivity contribution is -0.134. The summed E-state index contributed by atoms with van der Waals surface area (Å²) in [6.45, 7) is 5.63. The van der Waals surface area contributed by atoms with Crippen LogP contribution in [-0.2, 0) is 4.79 Å². The number of amides is 1.